The first-order valence-corrected chi connectivity index (χ1v) is 8.73. The van der Waals surface area contributed by atoms with Gasteiger partial charge in [0.1, 0.15) is 23.4 Å². The number of nitro groups is 1. The van der Waals surface area contributed by atoms with E-state index in [-0.39, 0.29) is 22.6 Å². The van der Waals surface area contributed by atoms with E-state index in [9.17, 15) is 33.7 Å². The summed E-state index contributed by atoms with van der Waals surface area (Å²) in [6.45, 7) is 1.47. The van der Waals surface area contributed by atoms with Gasteiger partial charge in [-0.1, -0.05) is 18.2 Å². The van der Waals surface area contributed by atoms with Crippen molar-refractivity contribution in [2.75, 3.05) is 0 Å². The van der Waals surface area contributed by atoms with Crippen molar-refractivity contribution in [1.82, 2.24) is 15.1 Å². The highest BCUT2D eigenvalue weighted by Crippen LogP contribution is 2.22. The molecule has 1 atom stereocenters. The molecule has 3 rings (SSSR count). The van der Waals surface area contributed by atoms with E-state index >= 15 is 0 Å². The van der Waals surface area contributed by atoms with Gasteiger partial charge in [-0.3, -0.25) is 19.7 Å². The number of halogens is 2. The van der Waals surface area contributed by atoms with Crippen molar-refractivity contribution in [3.05, 3.63) is 97.5 Å². The molecule has 0 bridgehead atoms. The summed E-state index contributed by atoms with van der Waals surface area (Å²) in [4.78, 5) is 35.6. The lowest BCUT2D eigenvalue weighted by atomic mass is 10.1. The molecule has 0 aliphatic heterocycles. The first-order valence-electron chi connectivity index (χ1n) is 8.73. The number of rotatable bonds is 5. The molecule has 156 valence electrons. The van der Waals surface area contributed by atoms with Crippen LogP contribution in [0.25, 0.3) is 5.69 Å². The van der Waals surface area contributed by atoms with Gasteiger partial charge in [-0.25, -0.2) is 13.5 Å². The summed E-state index contributed by atoms with van der Waals surface area (Å²) in [5.41, 5.74) is -1.84. The minimum Gasteiger partial charge on any atom is -0.331 e. The highest BCUT2D eigenvalue weighted by atomic mass is 19.1. The zero-order valence-electron chi connectivity index (χ0n) is 15.9. The van der Waals surface area contributed by atoms with Crippen LogP contribution in [-0.2, 0) is 0 Å². The van der Waals surface area contributed by atoms with Crippen molar-refractivity contribution in [2.45, 2.75) is 13.0 Å². The van der Waals surface area contributed by atoms with Crippen LogP contribution >= 0.6 is 0 Å². The monoisotopic (exact) mass is 425 g/mol. The minimum absolute atomic E-state index is 0.0143. The second-order valence-electron chi connectivity index (χ2n) is 6.36. The van der Waals surface area contributed by atoms with Gasteiger partial charge >= 0.3 is 0 Å². The quantitative estimate of drug-likeness (QED) is 0.494. The summed E-state index contributed by atoms with van der Waals surface area (Å²) in [5, 5.41) is 26.7. The van der Waals surface area contributed by atoms with Crippen LogP contribution in [0.5, 0.6) is 0 Å². The lowest BCUT2D eigenvalue weighted by Gasteiger charge is -2.14. The second-order valence-corrected chi connectivity index (χ2v) is 6.36. The molecular weight excluding hydrogens is 412 g/mol. The Kier molecular flexibility index (Phi) is 5.83. The average molecular weight is 425 g/mol. The molecule has 9 nitrogen and oxygen atoms in total. The Labute approximate surface area is 173 Å². The van der Waals surface area contributed by atoms with Crippen LogP contribution in [0.4, 0.5) is 14.5 Å². The van der Waals surface area contributed by atoms with Crippen molar-refractivity contribution in [1.29, 1.82) is 5.26 Å². The fourth-order valence-electron chi connectivity index (χ4n) is 2.86. The molecule has 1 unspecified atom stereocenters. The van der Waals surface area contributed by atoms with Crippen LogP contribution in [0.1, 0.15) is 27.8 Å². The Balaban J connectivity index is 2.03. The third kappa shape index (κ3) is 4.27. The zero-order valence-corrected chi connectivity index (χ0v) is 15.9. The summed E-state index contributed by atoms with van der Waals surface area (Å²) in [6, 6.07) is 9.23. The number of amides is 1. The number of aryl methyl sites for hydroxylation is 1. The average Bonchev–Trinajstić information content (AvgIpc) is 2.72. The third-order valence-electron chi connectivity index (χ3n) is 4.31. The van der Waals surface area contributed by atoms with Gasteiger partial charge in [0.25, 0.3) is 11.6 Å². The number of para-hydroxylation sites is 2. The number of nitrogens with zero attached hydrogens (tertiary/aromatic N) is 4. The van der Waals surface area contributed by atoms with Gasteiger partial charge in [0.2, 0.25) is 5.43 Å². The minimum atomic E-state index is -1.53. The van der Waals surface area contributed by atoms with Gasteiger partial charge < -0.3 is 5.32 Å². The molecule has 1 amide bonds. The first-order chi connectivity index (χ1) is 14.7. The largest absolute Gasteiger partial charge is 0.331 e. The molecule has 0 spiro atoms. The normalized spacial score (nSPS) is 11.4. The smallest absolute Gasteiger partial charge is 0.294 e. The maximum Gasteiger partial charge on any atom is 0.294 e. The summed E-state index contributed by atoms with van der Waals surface area (Å²) in [7, 11) is 0. The fraction of sp³-hybridized carbons (Fsp3) is 0.100. The number of nitro benzene ring substituents is 1. The van der Waals surface area contributed by atoms with Gasteiger partial charge in [-0.15, -0.1) is 0 Å². The Morgan fingerprint density at radius 2 is 1.97 bits per heavy atom. The molecule has 1 aromatic heterocycles. The molecule has 0 aliphatic rings. The summed E-state index contributed by atoms with van der Waals surface area (Å²) >= 11 is 0. The number of benzene rings is 2. The Hall–Kier alpha value is -4.46. The molecule has 31 heavy (non-hydrogen) atoms. The third-order valence-corrected chi connectivity index (χ3v) is 4.31. The van der Waals surface area contributed by atoms with E-state index in [1.165, 1.54) is 31.2 Å². The molecule has 1 heterocycles. The van der Waals surface area contributed by atoms with Crippen molar-refractivity contribution < 1.29 is 18.5 Å². The number of nitrogens with one attached hydrogen (secondary N) is 1. The van der Waals surface area contributed by atoms with Crippen molar-refractivity contribution in [2.24, 2.45) is 0 Å². The summed E-state index contributed by atoms with van der Waals surface area (Å²) in [6.07, 6.45) is 0. The maximum atomic E-state index is 14.0. The van der Waals surface area contributed by atoms with Gasteiger partial charge in [-0.2, -0.15) is 10.4 Å². The van der Waals surface area contributed by atoms with Crippen molar-refractivity contribution in [3.8, 4) is 11.8 Å². The topological polar surface area (TPSA) is 131 Å². The van der Waals surface area contributed by atoms with Gasteiger partial charge in [0, 0.05) is 29.5 Å². The summed E-state index contributed by atoms with van der Waals surface area (Å²) in [5.74, 6) is -3.02. The molecule has 0 radical (unpaired) electrons. The number of hydrogen-bond donors (Lipinski definition) is 1. The SMILES string of the molecule is Cc1cc(=O)c(C(=O)NC(C#N)c2ccc(F)cc2F)nn1-c1ccccc1[N+](=O)[O-]. The molecule has 0 fully saturated rings. The van der Waals surface area contributed by atoms with E-state index in [1.807, 2.05) is 0 Å². The van der Waals surface area contributed by atoms with E-state index in [0.29, 0.717) is 6.07 Å². The lowest BCUT2D eigenvalue weighted by Crippen LogP contribution is -2.34. The van der Waals surface area contributed by atoms with Crippen molar-refractivity contribution >= 4 is 11.6 Å². The van der Waals surface area contributed by atoms with E-state index in [0.717, 1.165) is 22.9 Å². The number of carbonyl (C=O) groups is 1. The fourth-order valence-corrected chi connectivity index (χ4v) is 2.86. The van der Waals surface area contributed by atoms with Crippen LogP contribution in [0.3, 0.4) is 0 Å². The molecule has 2 aromatic carbocycles. The highest BCUT2D eigenvalue weighted by Gasteiger charge is 2.24. The van der Waals surface area contributed by atoms with Crippen LogP contribution in [0.2, 0.25) is 0 Å². The van der Waals surface area contributed by atoms with Gasteiger partial charge in [0.05, 0.1) is 11.0 Å². The number of carbonyl (C=O) groups excluding carboxylic acids is 1. The van der Waals surface area contributed by atoms with Crippen LogP contribution in [-0.4, -0.2) is 20.6 Å². The molecule has 0 saturated heterocycles. The Bertz CT molecular complexity index is 1300. The van der Waals surface area contributed by atoms with Crippen molar-refractivity contribution in [3.63, 3.8) is 0 Å². The van der Waals surface area contributed by atoms with E-state index in [1.54, 1.807) is 6.07 Å². The van der Waals surface area contributed by atoms with Crippen LogP contribution < -0.4 is 10.7 Å². The molecule has 1 N–H and O–H groups in total. The highest BCUT2D eigenvalue weighted by molar-refractivity contribution is 5.92. The standard InChI is InChI=1S/C20H13F2N5O4/c1-11-8-18(28)19(25-26(11)16-4-2-3-5-17(16)27(30)31)20(29)24-15(10-23)13-7-6-12(21)9-14(13)22/h2-9,15H,1H3,(H,24,29). The predicted octanol–water partition coefficient (Wildman–Crippen LogP) is 2.72. The molecule has 3 aromatic rings. The number of aromatic nitrogens is 2. The van der Waals surface area contributed by atoms with E-state index in [2.05, 4.69) is 10.4 Å². The molecule has 0 saturated carbocycles. The lowest BCUT2D eigenvalue weighted by molar-refractivity contribution is -0.384. The van der Waals surface area contributed by atoms with E-state index < -0.39 is 39.6 Å². The zero-order chi connectivity index (χ0) is 22.7. The number of hydrogen-bond acceptors (Lipinski definition) is 6. The molecule has 0 aliphatic carbocycles. The molecule has 11 heteroatoms. The van der Waals surface area contributed by atoms with Gasteiger partial charge in [0.15, 0.2) is 5.69 Å². The Morgan fingerprint density at radius 3 is 2.61 bits per heavy atom. The van der Waals surface area contributed by atoms with Crippen LogP contribution in [0.15, 0.2) is 53.3 Å². The Morgan fingerprint density at radius 1 is 1.26 bits per heavy atom. The van der Waals surface area contributed by atoms with Gasteiger partial charge in [-0.05, 0) is 19.1 Å². The van der Waals surface area contributed by atoms with E-state index in [4.69, 9.17) is 0 Å². The molecular formula is C20H13F2N5O4. The summed E-state index contributed by atoms with van der Waals surface area (Å²) < 4.78 is 28.2. The number of nitriles is 1. The maximum absolute atomic E-state index is 14.0. The van der Waals surface area contributed by atoms with Crippen LogP contribution in [0, 0.1) is 40.0 Å². The second kappa shape index (κ2) is 8.50. The predicted molar refractivity (Wildman–Crippen MR) is 103 cm³/mol. The first kappa shape index (κ1) is 21.3.